The maximum Gasteiger partial charge on any atom is 0.311 e. The summed E-state index contributed by atoms with van der Waals surface area (Å²) in [5.74, 6) is -1.04. The molecule has 5 nitrogen and oxygen atoms in total. The van der Waals surface area contributed by atoms with Gasteiger partial charge in [-0.25, -0.2) is 18.7 Å². The van der Waals surface area contributed by atoms with Crippen molar-refractivity contribution in [3.63, 3.8) is 0 Å². The minimum Gasteiger partial charge on any atom is -0.469 e. The van der Waals surface area contributed by atoms with Crippen LogP contribution in [0.4, 0.5) is 8.78 Å². The molecule has 1 saturated heterocycles. The number of hydrogen-bond acceptors (Lipinski definition) is 6. The number of carbonyl (C=O) groups excluding carboxylic acids is 1. The number of fused-ring (bicyclic) bond motifs is 1. The first-order valence-electron chi connectivity index (χ1n) is 10.7. The minimum atomic E-state index is -0.363. The Morgan fingerprint density at radius 2 is 1.91 bits per heavy atom. The third-order valence-electron chi connectivity index (χ3n) is 5.93. The molecule has 0 bridgehead atoms. The van der Waals surface area contributed by atoms with Crippen LogP contribution in [0.3, 0.4) is 0 Å². The largest absolute Gasteiger partial charge is 0.469 e. The van der Waals surface area contributed by atoms with Gasteiger partial charge in [0, 0.05) is 36.3 Å². The number of thiazole rings is 1. The molecule has 0 amide bonds. The first-order chi connectivity index (χ1) is 16.4. The topological polar surface area (TPSA) is 55.3 Å². The zero-order chi connectivity index (χ0) is 23.8. The van der Waals surface area contributed by atoms with Crippen molar-refractivity contribution in [2.75, 3.05) is 20.2 Å². The summed E-state index contributed by atoms with van der Waals surface area (Å²) in [5.41, 5.74) is 3.28. The molecule has 2 aromatic carbocycles. The van der Waals surface area contributed by atoms with Crippen molar-refractivity contribution in [1.82, 2.24) is 14.9 Å². The van der Waals surface area contributed by atoms with Crippen molar-refractivity contribution in [3.05, 3.63) is 89.6 Å². The van der Waals surface area contributed by atoms with Gasteiger partial charge < -0.3 is 4.74 Å². The number of pyridine rings is 1. The zero-order valence-corrected chi connectivity index (χ0v) is 19.2. The van der Waals surface area contributed by atoms with Crippen LogP contribution >= 0.6 is 11.3 Å². The summed E-state index contributed by atoms with van der Waals surface area (Å²) in [5, 5.41) is 0.523. The van der Waals surface area contributed by atoms with E-state index in [9.17, 15) is 13.6 Å². The van der Waals surface area contributed by atoms with Gasteiger partial charge in [0.1, 0.15) is 27.0 Å². The predicted octanol–water partition coefficient (Wildman–Crippen LogP) is 5.30. The highest BCUT2D eigenvalue weighted by atomic mass is 32.1. The Bertz CT molecular complexity index is 1410. The number of rotatable bonds is 6. The molecule has 1 aliphatic rings. The van der Waals surface area contributed by atoms with Gasteiger partial charge in [0.25, 0.3) is 0 Å². The van der Waals surface area contributed by atoms with Gasteiger partial charge in [0.05, 0.1) is 18.7 Å². The van der Waals surface area contributed by atoms with Crippen molar-refractivity contribution in [2.24, 2.45) is 5.92 Å². The molecule has 1 fully saturated rings. The summed E-state index contributed by atoms with van der Waals surface area (Å²) < 4.78 is 33.9. The predicted molar refractivity (Wildman–Crippen MR) is 128 cm³/mol. The SMILES string of the molecule is C=C(c1ccc2nc(-c3ccc(CN4CC(C(=O)OC)C4)cc3F)sc2n1)c1ccccc1F. The Morgan fingerprint density at radius 3 is 2.65 bits per heavy atom. The highest BCUT2D eigenvalue weighted by Gasteiger charge is 2.33. The fourth-order valence-corrected chi connectivity index (χ4v) is 5.01. The standard InChI is InChI=1S/C26H21F2N3O2S/c1-15(18-5-3-4-6-20(18)27)22-9-10-23-25(29-22)34-24(30-23)19-8-7-16(11-21(19)28)12-31-13-17(14-31)26(32)33-2/h3-11,17H,1,12-14H2,2H3. The van der Waals surface area contributed by atoms with Gasteiger partial charge in [0.15, 0.2) is 0 Å². The first kappa shape index (κ1) is 22.3. The highest BCUT2D eigenvalue weighted by Crippen LogP contribution is 2.33. The van der Waals surface area contributed by atoms with Crippen molar-refractivity contribution in [2.45, 2.75) is 6.54 Å². The lowest BCUT2D eigenvalue weighted by molar-refractivity contribution is -0.151. The Labute approximate surface area is 199 Å². The van der Waals surface area contributed by atoms with Crippen LogP contribution in [-0.2, 0) is 16.1 Å². The molecular formula is C26H21F2N3O2S. The number of likely N-dealkylation sites (tertiary alicyclic amines) is 1. The van der Waals surface area contributed by atoms with Gasteiger partial charge in [-0.2, -0.15) is 0 Å². The van der Waals surface area contributed by atoms with Crippen molar-refractivity contribution in [3.8, 4) is 10.6 Å². The molecule has 8 heteroatoms. The second-order valence-electron chi connectivity index (χ2n) is 8.23. The fraction of sp³-hybridized carbons (Fsp3) is 0.192. The van der Waals surface area contributed by atoms with E-state index in [-0.39, 0.29) is 23.5 Å². The van der Waals surface area contributed by atoms with Crippen LogP contribution in [0.15, 0.2) is 61.2 Å². The summed E-state index contributed by atoms with van der Waals surface area (Å²) in [6.45, 7) is 5.78. The summed E-state index contributed by atoms with van der Waals surface area (Å²) in [6.07, 6.45) is 0. The number of esters is 1. The quantitative estimate of drug-likeness (QED) is 0.353. The van der Waals surface area contributed by atoms with Crippen LogP contribution in [0.2, 0.25) is 0 Å². The van der Waals surface area contributed by atoms with Crippen LogP contribution in [0, 0.1) is 17.6 Å². The summed E-state index contributed by atoms with van der Waals surface area (Å²) in [4.78, 5) is 23.4. The first-order valence-corrected chi connectivity index (χ1v) is 11.6. The van der Waals surface area contributed by atoms with Gasteiger partial charge in [-0.05, 0) is 35.9 Å². The van der Waals surface area contributed by atoms with E-state index in [2.05, 4.69) is 21.4 Å². The third-order valence-corrected chi connectivity index (χ3v) is 6.92. The second kappa shape index (κ2) is 9.04. The summed E-state index contributed by atoms with van der Waals surface area (Å²) in [6, 6.07) is 15.1. The molecular weight excluding hydrogens is 456 g/mol. The molecule has 0 unspecified atom stereocenters. The van der Waals surface area contributed by atoms with E-state index in [4.69, 9.17) is 4.74 Å². The average molecular weight is 478 g/mol. The van der Waals surface area contributed by atoms with Crippen LogP contribution in [0.5, 0.6) is 0 Å². The van der Waals surface area contributed by atoms with E-state index in [1.54, 1.807) is 36.4 Å². The second-order valence-corrected chi connectivity index (χ2v) is 9.20. The monoisotopic (exact) mass is 477 g/mol. The smallest absolute Gasteiger partial charge is 0.311 e. The lowest BCUT2D eigenvalue weighted by Crippen LogP contribution is -2.49. The number of ether oxygens (including phenoxy) is 1. The van der Waals surface area contributed by atoms with Crippen LogP contribution in [0.25, 0.3) is 26.5 Å². The molecule has 0 spiro atoms. The summed E-state index contributed by atoms with van der Waals surface area (Å²) >= 11 is 1.28. The van der Waals surface area contributed by atoms with Gasteiger partial charge in [0.2, 0.25) is 0 Å². The fourth-order valence-electron chi connectivity index (χ4n) is 4.05. The van der Waals surface area contributed by atoms with E-state index in [0.717, 1.165) is 5.56 Å². The van der Waals surface area contributed by atoms with Crippen LogP contribution in [-0.4, -0.2) is 41.0 Å². The molecule has 4 aromatic rings. The number of aromatic nitrogens is 2. The molecule has 0 atom stereocenters. The number of nitrogens with zero attached hydrogens (tertiary/aromatic N) is 3. The zero-order valence-electron chi connectivity index (χ0n) is 18.4. The van der Waals surface area contributed by atoms with E-state index in [1.165, 1.54) is 30.6 Å². The molecule has 0 saturated carbocycles. The maximum absolute atomic E-state index is 15.0. The van der Waals surface area contributed by atoms with Gasteiger partial charge in [-0.1, -0.05) is 42.2 Å². The molecule has 0 aliphatic carbocycles. The van der Waals surface area contributed by atoms with Crippen LogP contribution < -0.4 is 0 Å². The Kier molecular flexibility index (Phi) is 5.93. The van der Waals surface area contributed by atoms with E-state index in [1.807, 2.05) is 6.07 Å². The average Bonchev–Trinajstić information content (AvgIpc) is 3.23. The summed E-state index contributed by atoms with van der Waals surface area (Å²) in [7, 11) is 1.39. The number of benzene rings is 2. The third kappa shape index (κ3) is 4.22. The van der Waals surface area contributed by atoms with Gasteiger partial charge in [-0.15, -0.1) is 0 Å². The van der Waals surface area contributed by atoms with Gasteiger partial charge in [-0.3, -0.25) is 9.69 Å². The molecule has 3 heterocycles. The molecule has 34 heavy (non-hydrogen) atoms. The normalized spacial score (nSPS) is 14.2. The highest BCUT2D eigenvalue weighted by molar-refractivity contribution is 7.21. The van der Waals surface area contributed by atoms with Crippen LogP contribution in [0.1, 0.15) is 16.8 Å². The molecule has 1 aliphatic heterocycles. The Balaban J connectivity index is 1.35. The van der Waals surface area contributed by atoms with Crippen molar-refractivity contribution < 1.29 is 18.3 Å². The molecule has 172 valence electrons. The number of carbonyl (C=O) groups is 1. The minimum absolute atomic E-state index is 0.108. The van der Waals surface area contributed by atoms with Crippen molar-refractivity contribution in [1.29, 1.82) is 0 Å². The van der Waals surface area contributed by atoms with Gasteiger partial charge >= 0.3 is 5.97 Å². The number of hydrogen-bond donors (Lipinski definition) is 0. The number of halogens is 2. The molecule has 2 aromatic heterocycles. The number of methoxy groups -OCH3 is 1. The molecule has 0 N–H and O–H groups in total. The Hall–Kier alpha value is -3.49. The lowest BCUT2D eigenvalue weighted by atomic mass is 9.99. The van der Waals surface area contributed by atoms with E-state index < -0.39 is 0 Å². The molecule has 5 rings (SSSR count). The molecule has 0 radical (unpaired) electrons. The lowest BCUT2D eigenvalue weighted by Gasteiger charge is -2.37. The van der Waals surface area contributed by atoms with E-state index >= 15 is 0 Å². The Morgan fingerprint density at radius 1 is 1.12 bits per heavy atom. The van der Waals surface area contributed by atoms with E-state index in [0.29, 0.717) is 57.4 Å². The van der Waals surface area contributed by atoms with Crippen molar-refractivity contribution >= 4 is 33.2 Å². The maximum atomic E-state index is 15.0.